The summed E-state index contributed by atoms with van der Waals surface area (Å²) in [7, 11) is 0. The molecule has 4 nitrogen and oxygen atoms in total. The predicted molar refractivity (Wildman–Crippen MR) is 88.9 cm³/mol. The van der Waals surface area contributed by atoms with Crippen LogP contribution in [0.5, 0.6) is 0 Å². The Morgan fingerprint density at radius 3 is 2.32 bits per heavy atom. The third-order valence-electron chi connectivity index (χ3n) is 4.27. The Hall–Kier alpha value is -1.55. The monoisotopic (exact) mass is 304 g/mol. The van der Waals surface area contributed by atoms with E-state index in [0.29, 0.717) is 19.6 Å². The van der Waals surface area contributed by atoms with E-state index >= 15 is 0 Å². The van der Waals surface area contributed by atoms with Gasteiger partial charge in [-0.3, -0.25) is 0 Å². The van der Waals surface area contributed by atoms with Crippen molar-refractivity contribution in [2.24, 2.45) is 5.41 Å². The Kier molecular flexibility index (Phi) is 4.81. The lowest BCUT2D eigenvalue weighted by Gasteiger charge is -2.30. The van der Waals surface area contributed by atoms with Crippen LogP contribution in [0, 0.1) is 5.41 Å². The molecule has 2 rings (SSSR count). The second-order valence-corrected chi connectivity index (χ2v) is 7.42. The molecule has 0 heterocycles. The van der Waals surface area contributed by atoms with Crippen LogP contribution >= 0.6 is 0 Å². The van der Waals surface area contributed by atoms with Gasteiger partial charge in [-0.25, -0.2) is 4.79 Å². The fourth-order valence-corrected chi connectivity index (χ4v) is 3.20. The number of carbonyl (C=O) groups is 1. The van der Waals surface area contributed by atoms with Crippen LogP contribution in [0.3, 0.4) is 0 Å². The Balaban J connectivity index is 1.91. The van der Waals surface area contributed by atoms with Gasteiger partial charge in [-0.05, 0) is 50.2 Å². The number of amides is 2. The van der Waals surface area contributed by atoms with Gasteiger partial charge in [0, 0.05) is 13.1 Å². The molecule has 0 saturated carbocycles. The van der Waals surface area contributed by atoms with Crippen molar-refractivity contribution < 1.29 is 9.90 Å². The van der Waals surface area contributed by atoms with E-state index in [1.807, 2.05) is 6.92 Å². The summed E-state index contributed by atoms with van der Waals surface area (Å²) >= 11 is 0. The maximum atomic E-state index is 12.3. The van der Waals surface area contributed by atoms with Gasteiger partial charge >= 0.3 is 6.03 Å². The molecule has 1 aromatic rings. The van der Waals surface area contributed by atoms with Gasteiger partial charge in [-0.2, -0.15) is 0 Å². The van der Waals surface area contributed by atoms with E-state index in [1.165, 1.54) is 11.1 Å². The van der Waals surface area contributed by atoms with Gasteiger partial charge in [0.25, 0.3) is 0 Å². The fourth-order valence-electron chi connectivity index (χ4n) is 3.20. The summed E-state index contributed by atoms with van der Waals surface area (Å²) in [6, 6.07) is 8.41. The molecule has 0 saturated heterocycles. The van der Waals surface area contributed by atoms with Crippen LogP contribution in [0.4, 0.5) is 4.79 Å². The summed E-state index contributed by atoms with van der Waals surface area (Å²) in [4.78, 5) is 14.0. The van der Waals surface area contributed by atoms with E-state index in [0.717, 1.165) is 12.8 Å². The molecule has 22 heavy (non-hydrogen) atoms. The first kappa shape index (κ1) is 16.8. The second kappa shape index (κ2) is 6.29. The van der Waals surface area contributed by atoms with Gasteiger partial charge < -0.3 is 15.3 Å². The highest BCUT2D eigenvalue weighted by Crippen LogP contribution is 2.35. The van der Waals surface area contributed by atoms with Crippen LogP contribution < -0.4 is 5.32 Å². The molecule has 122 valence electrons. The summed E-state index contributed by atoms with van der Waals surface area (Å²) in [6.45, 7) is 9.18. The van der Waals surface area contributed by atoms with Crippen molar-refractivity contribution >= 4 is 6.03 Å². The predicted octanol–water partition coefficient (Wildman–Crippen LogP) is 2.59. The van der Waals surface area contributed by atoms with E-state index in [1.54, 1.807) is 18.7 Å². The number of nitrogens with zero attached hydrogens (tertiary/aromatic N) is 1. The van der Waals surface area contributed by atoms with E-state index in [9.17, 15) is 9.90 Å². The largest absolute Gasteiger partial charge is 0.389 e. The molecule has 4 heteroatoms. The Morgan fingerprint density at radius 1 is 1.32 bits per heavy atom. The Bertz CT molecular complexity index is 509. The molecule has 0 bridgehead atoms. The lowest BCUT2D eigenvalue weighted by molar-refractivity contribution is 0.0476. The Morgan fingerprint density at radius 2 is 1.86 bits per heavy atom. The zero-order chi connectivity index (χ0) is 16.4. The molecule has 1 aromatic carbocycles. The SMILES string of the molecule is CCN(CC(C)(C)O)C(=O)NCC1(C)Cc2ccccc2C1. The molecular formula is C18H28N2O2. The van der Waals surface area contributed by atoms with Crippen LogP contribution in [0.15, 0.2) is 24.3 Å². The molecule has 1 aliphatic rings. The van der Waals surface area contributed by atoms with Crippen molar-refractivity contribution in [2.45, 2.75) is 46.1 Å². The highest BCUT2D eigenvalue weighted by atomic mass is 16.3. The zero-order valence-corrected chi connectivity index (χ0v) is 14.1. The number of fused-ring (bicyclic) bond motifs is 1. The molecule has 0 aromatic heterocycles. The number of rotatable bonds is 5. The number of benzene rings is 1. The van der Waals surface area contributed by atoms with Crippen molar-refractivity contribution in [2.75, 3.05) is 19.6 Å². The third kappa shape index (κ3) is 4.23. The van der Waals surface area contributed by atoms with Crippen LogP contribution in [-0.4, -0.2) is 41.3 Å². The average molecular weight is 304 g/mol. The lowest BCUT2D eigenvalue weighted by Crippen LogP contribution is -2.49. The lowest BCUT2D eigenvalue weighted by atomic mass is 9.87. The van der Waals surface area contributed by atoms with Crippen molar-refractivity contribution in [1.82, 2.24) is 10.2 Å². The van der Waals surface area contributed by atoms with Crippen LogP contribution in [0.2, 0.25) is 0 Å². The normalized spacial score (nSPS) is 16.2. The van der Waals surface area contributed by atoms with Gasteiger partial charge in [-0.15, -0.1) is 0 Å². The van der Waals surface area contributed by atoms with Gasteiger partial charge in [0.05, 0.1) is 12.1 Å². The maximum absolute atomic E-state index is 12.3. The fraction of sp³-hybridized carbons (Fsp3) is 0.611. The van der Waals surface area contributed by atoms with Gasteiger partial charge in [0.15, 0.2) is 0 Å². The minimum Gasteiger partial charge on any atom is -0.389 e. The number of likely N-dealkylation sites (N-methyl/N-ethyl adjacent to an activating group) is 1. The molecule has 1 aliphatic carbocycles. The summed E-state index contributed by atoms with van der Waals surface area (Å²) in [6.07, 6.45) is 2.00. The summed E-state index contributed by atoms with van der Waals surface area (Å²) in [5.41, 5.74) is 1.99. The maximum Gasteiger partial charge on any atom is 0.317 e. The van der Waals surface area contributed by atoms with Crippen molar-refractivity contribution in [3.05, 3.63) is 35.4 Å². The second-order valence-electron chi connectivity index (χ2n) is 7.42. The quantitative estimate of drug-likeness (QED) is 0.878. The summed E-state index contributed by atoms with van der Waals surface area (Å²) in [5, 5.41) is 12.9. The van der Waals surface area contributed by atoms with Gasteiger partial charge in [-0.1, -0.05) is 31.2 Å². The first-order valence-electron chi connectivity index (χ1n) is 8.04. The van der Waals surface area contributed by atoms with Crippen molar-refractivity contribution in [3.8, 4) is 0 Å². The molecule has 2 N–H and O–H groups in total. The van der Waals surface area contributed by atoms with Crippen molar-refractivity contribution in [1.29, 1.82) is 0 Å². The average Bonchev–Trinajstić information content (AvgIpc) is 2.78. The molecule has 2 amide bonds. The number of hydrogen-bond acceptors (Lipinski definition) is 2. The van der Waals surface area contributed by atoms with E-state index < -0.39 is 5.60 Å². The standard InChI is InChI=1S/C18H28N2O2/c1-5-20(13-17(2,3)22)16(21)19-12-18(4)10-14-8-6-7-9-15(14)11-18/h6-9,22H,5,10-13H2,1-4H3,(H,19,21). The minimum absolute atomic E-state index is 0.0769. The molecule has 0 spiro atoms. The molecule has 0 unspecified atom stereocenters. The first-order chi connectivity index (χ1) is 10.2. The molecule has 0 atom stereocenters. The zero-order valence-electron chi connectivity index (χ0n) is 14.1. The molecule has 0 radical (unpaired) electrons. The summed E-state index contributed by atoms with van der Waals surface area (Å²) in [5.74, 6) is 0. The van der Waals surface area contributed by atoms with E-state index in [2.05, 4.69) is 36.5 Å². The van der Waals surface area contributed by atoms with Crippen molar-refractivity contribution in [3.63, 3.8) is 0 Å². The van der Waals surface area contributed by atoms with Gasteiger partial charge in [0.1, 0.15) is 0 Å². The number of aliphatic hydroxyl groups is 1. The highest BCUT2D eigenvalue weighted by molar-refractivity contribution is 5.74. The first-order valence-corrected chi connectivity index (χ1v) is 8.04. The third-order valence-corrected chi connectivity index (χ3v) is 4.27. The molecule has 0 aliphatic heterocycles. The Labute approximate surface area is 133 Å². The van der Waals surface area contributed by atoms with E-state index in [-0.39, 0.29) is 11.4 Å². The van der Waals surface area contributed by atoms with Gasteiger partial charge in [0.2, 0.25) is 0 Å². The summed E-state index contributed by atoms with van der Waals surface area (Å²) < 4.78 is 0. The topological polar surface area (TPSA) is 52.6 Å². The molecule has 0 fully saturated rings. The highest BCUT2D eigenvalue weighted by Gasteiger charge is 2.33. The molecular weight excluding hydrogens is 276 g/mol. The number of nitrogens with one attached hydrogen (secondary N) is 1. The van der Waals surface area contributed by atoms with Crippen LogP contribution in [-0.2, 0) is 12.8 Å². The van der Waals surface area contributed by atoms with Crippen LogP contribution in [0.25, 0.3) is 0 Å². The van der Waals surface area contributed by atoms with E-state index in [4.69, 9.17) is 0 Å². The van der Waals surface area contributed by atoms with Crippen LogP contribution in [0.1, 0.15) is 38.8 Å². The number of hydrogen-bond donors (Lipinski definition) is 2. The minimum atomic E-state index is -0.874. The number of carbonyl (C=O) groups excluding carboxylic acids is 1. The smallest absolute Gasteiger partial charge is 0.317 e. The number of urea groups is 1.